The first kappa shape index (κ1) is 15.6. The van der Waals surface area contributed by atoms with Crippen molar-refractivity contribution >= 4 is 34.8 Å². The van der Waals surface area contributed by atoms with E-state index in [1.807, 2.05) is 30.3 Å². The quantitative estimate of drug-likeness (QED) is 0.635. The molecule has 20 heavy (non-hydrogen) atoms. The minimum atomic E-state index is 0.0597. The second-order valence-electron chi connectivity index (χ2n) is 4.64. The zero-order valence-corrected chi connectivity index (χ0v) is 13.0. The molecule has 0 aromatic heterocycles. The van der Waals surface area contributed by atoms with Gasteiger partial charge < -0.3 is 0 Å². The highest BCUT2D eigenvalue weighted by atomic mass is 35.5. The van der Waals surface area contributed by atoms with E-state index < -0.39 is 0 Å². The highest BCUT2D eigenvalue weighted by Gasteiger charge is 2.12. The fourth-order valence-electron chi connectivity index (χ4n) is 2.10. The molecular formula is C15H15Cl3N2. The number of halogens is 3. The fourth-order valence-corrected chi connectivity index (χ4v) is 2.71. The number of hydrogen-bond donors (Lipinski definition) is 2. The van der Waals surface area contributed by atoms with Gasteiger partial charge in [-0.1, -0.05) is 46.9 Å². The minimum Gasteiger partial charge on any atom is -0.271 e. The van der Waals surface area contributed by atoms with E-state index in [0.29, 0.717) is 16.5 Å². The second kappa shape index (κ2) is 7.30. The van der Waals surface area contributed by atoms with Gasteiger partial charge in [-0.05, 0) is 54.3 Å². The minimum absolute atomic E-state index is 0.0597. The first-order valence-electron chi connectivity index (χ1n) is 6.23. The van der Waals surface area contributed by atoms with Gasteiger partial charge in [0.1, 0.15) is 0 Å². The zero-order chi connectivity index (χ0) is 14.5. The third kappa shape index (κ3) is 4.37. The Bertz CT molecular complexity index is 587. The van der Waals surface area contributed by atoms with Gasteiger partial charge in [0.15, 0.2) is 0 Å². The van der Waals surface area contributed by atoms with E-state index in [4.69, 9.17) is 40.6 Å². The van der Waals surface area contributed by atoms with Gasteiger partial charge in [-0.3, -0.25) is 11.3 Å². The van der Waals surface area contributed by atoms with Crippen LogP contribution in [0.2, 0.25) is 15.1 Å². The monoisotopic (exact) mass is 328 g/mol. The number of hydrazine groups is 1. The number of rotatable bonds is 5. The molecule has 2 nitrogen and oxygen atoms in total. The van der Waals surface area contributed by atoms with Crippen molar-refractivity contribution in [2.24, 2.45) is 5.84 Å². The van der Waals surface area contributed by atoms with E-state index in [9.17, 15) is 0 Å². The molecule has 3 N–H and O–H groups in total. The smallest absolute Gasteiger partial charge is 0.0439 e. The number of nitrogens with two attached hydrogens (primary N) is 1. The van der Waals surface area contributed by atoms with E-state index in [0.717, 1.165) is 22.6 Å². The maximum atomic E-state index is 6.18. The molecule has 5 heteroatoms. The van der Waals surface area contributed by atoms with Crippen LogP contribution in [0.3, 0.4) is 0 Å². The van der Waals surface area contributed by atoms with Gasteiger partial charge in [0.25, 0.3) is 0 Å². The molecule has 0 aliphatic rings. The Morgan fingerprint density at radius 2 is 1.70 bits per heavy atom. The van der Waals surface area contributed by atoms with Gasteiger partial charge in [-0.25, -0.2) is 0 Å². The summed E-state index contributed by atoms with van der Waals surface area (Å²) in [5, 5.41) is 2.09. The van der Waals surface area contributed by atoms with Crippen LogP contribution < -0.4 is 11.3 Å². The van der Waals surface area contributed by atoms with Crippen LogP contribution in [0.1, 0.15) is 11.1 Å². The summed E-state index contributed by atoms with van der Waals surface area (Å²) in [6.45, 7) is 0. The highest BCUT2D eigenvalue weighted by molar-refractivity contribution is 6.33. The lowest BCUT2D eigenvalue weighted by atomic mass is 9.99. The Kier molecular flexibility index (Phi) is 5.70. The van der Waals surface area contributed by atoms with E-state index in [2.05, 4.69) is 5.43 Å². The molecule has 0 aliphatic heterocycles. The lowest BCUT2D eigenvalue weighted by molar-refractivity contribution is 0.522. The van der Waals surface area contributed by atoms with Crippen LogP contribution >= 0.6 is 34.8 Å². The Hall–Kier alpha value is -0.770. The Morgan fingerprint density at radius 3 is 2.40 bits per heavy atom. The summed E-state index contributed by atoms with van der Waals surface area (Å²) < 4.78 is 0. The molecule has 0 amide bonds. The molecule has 0 heterocycles. The van der Waals surface area contributed by atoms with Crippen LogP contribution in [0.5, 0.6) is 0 Å². The lowest BCUT2D eigenvalue weighted by Gasteiger charge is -2.17. The summed E-state index contributed by atoms with van der Waals surface area (Å²) in [5.74, 6) is 5.64. The summed E-state index contributed by atoms with van der Waals surface area (Å²) >= 11 is 18.2. The molecule has 0 saturated heterocycles. The molecule has 2 rings (SSSR count). The van der Waals surface area contributed by atoms with Crippen LogP contribution in [-0.4, -0.2) is 6.04 Å². The van der Waals surface area contributed by atoms with Crippen molar-refractivity contribution in [1.82, 2.24) is 5.43 Å². The van der Waals surface area contributed by atoms with Gasteiger partial charge in [0.2, 0.25) is 0 Å². The van der Waals surface area contributed by atoms with Crippen LogP contribution in [-0.2, 0) is 12.8 Å². The largest absolute Gasteiger partial charge is 0.271 e. The van der Waals surface area contributed by atoms with Crippen LogP contribution in [0.15, 0.2) is 42.5 Å². The van der Waals surface area contributed by atoms with Crippen LogP contribution in [0.4, 0.5) is 0 Å². The van der Waals surface area contributed by atoms with Gasteiger partial charge in [-0.15, -0.1) is 0 Å². The first-order valence-corrected chi connectivity index (χ1v) is 7.36. The van der Waals surface area contributed by atoms with Crippen molar-refractivity contribution in [2.45, 2.75) is 18.9 Å². The number of benzene rings is 2. The van der Waals surface area contributed by atoms with Crippen molar-refractivity contribution in [1.29, 1.82) is 0 Å². The molecule has 1 unspecified atom stereocenters. The second-order valence-corrected chi connectivity index (χ2v) is 5.92. The van der Waals surface area contributed by atoms with Crippen molar-refractivity contribution < 1.29 is 0 Å². The SMILES string of the molecule is NNC(Cc1cccc(Cl)c1)Cc1cc(Cl)ccc1Cl. The van der Waals surface area contributed by atoms with E-state index >= 15 is 0 Å². The zero-order valence-electron chi connectivity index (χ0n) is 10.7. The third-order valence-electron chi connectivity index (χ3n) is 3.08. The fraction of sp³-hybridized carbons (Fsp3) is 0.200. The maximum Gasteiger partial charge on any atom is 0.0439 e. The lowest BCUT2D eigenvalue weighted by Crippen LogP contribution is -2.38. The predicted octanol–water partition coefficient (Wildman–Crippen LogP) is 4.26. The van der Waals surface area contributed by atoms with E-state index in [1.165, 1.54) is 0 Å². The number of nitrogens with one attached hydrogen (secondary N) is 1. The average Bonchev–Trinajstić information content (AvgIpc) is 2.42. The van der Waals surface area contributed by atoms with E-state index in [1.54, 1.807) is 12.1 Å². The van der Waals surface area contributed by atoms with Crippen LogP contribution in [0, 0.1) is 0 Å². The molecule has 106 valence electrons. The summed E-state index contributed by atoms with van der Waals surface area (Å²) in [6, 6.07) is 13.2. The molecule has 1 atom stereocenters. The van der Waals surface area contributed by atoms with Crippen LogP contribution in [0.25, 0.3) is 0 Å². The molecule has 0 radical (unpaired) electrons. The normalized spacial score (nSPS) is 12.4. The molecule has 0 saturated carbocycles. The molecule has 2 aromatic rings. The highest BCUT2D eigenvalue weighted by Crippen LogP contribution is 2.23. The van der Waals surface area contributed by atoms with Crippen molar-refractivity contribution in [3.63, 3.8) is 0 Å². The predicted molar refractivity (Wildman–Crippen MR) is 86.4 cm³/mol. The van der Waals surface area contributed by atoms with Crippen molar-refractivity contribution in [3.8, 4) is 0 Å². The summed E-state index contributed by atoms with van der Waals surface area (Å²) in [7, 11) is 0. The van der Waals surface area contributed by atoms with Gasteiger partial charge in [0.05, 0.1) is 0 Å². The molecule has 0 spiro atoms. The Balaban J connectivity index is 2.11. The molecule has 2 aromatic carbocycles. The standard InChI is InChI=1S/C15H15Cl3N2/c16-12-3-1-2-10(6-12)7-14(20-19)9-11-8-13(17)4-5-15(11)18/h1-6,8,14,20H,7,9,19H2. The van der Waals surface area contributed by atoms with Gasteiger partial charge >= 0.3 is 0 Å². The summed E-state index contributed by atoms with van der Waals surface area (Å²) in [6.07, 6.45) is 1.46. The maximum absolute atomic E-state index is 6.18. The number of hydrogen-bond acceptors (Lipinski definition) is 2. The summed E-state index contributed by atoms with van der Waals surface area (Å²) in [4.78, 5) is 0. The molecular weight excluding hydrogens is 315 g/mol. The van der Waals surface area contributed by atoms with Crippen molar-refractivity contribution in [2.75, 3.05) is 0 Å². The molecule has 0 bridgehead atoms. The molecule has 0 aliphatic carbocycles. The third-order valence-corrected chi connectivity index (χ3v) is 3.92. The Labute approximate surface area is 133 Å². The molecule has 0 fully saturated rings. The van der Waals surface area contributed by atoms with Gasteiger partial charge in [0, 0.05) is 21.1 Å². The summed E-state index contributed by atoms with van der Waals surface area (Å²) in [5.41, 5.74) is 4.92. The average molecular weight is 330 g/mol. The topological polar surface area (TPSA) is 38.0 Å². The van der Waals surface area contributed by atoms with Gasteiger partial charge in [-0.2, -0.15) is 0 Å². The Morgan fingerprint density at radius 1 is 0.950 bits per heavy atom. The first-order chi connectivity index (χ1) is 9.58. The van der Waals surface area contributed by atoms with Crippen molar-refractivity contribution in [3.05, 3.63) is 68.7 Å². The van der Waals surface area contributed by atoms with E-state index in [-0.39, 0.29) is 6.04 Å².